The molecule has 0 saturated carbocycles. The van der Waals surface area contributed by atoms with Gasteiger partial charge in [0.05, 0.1) is 17.2 Å². The van der Waals surface area contributed by atoms with Crippen LogP contribution in [0.1, 0.15) is 12.5 Å². The summed E-state index contributed by atoms with van der Waals surface area (Å²) in [7, 11) is 0. The summed E-state index contributed by atoms with van der Waals surface area (Å²) in [6.07, 6.45) is 1.52. The normalized spacial score (nSPS) is 16.0. The fourth-order valence-electron chi connectivity index (χ4n) is 2.30. The minimum atomic E-state index is -0.405. The van der Waals surface area contributed by atoms with Crippen molar-refractivity contribution in [3.63, 3.8) is 0 Å². The van der Waals surface area contributed by atoms with E-state index in [0.29, 0.717) is 23.6 Å². The van der Waals surface area contributed by atoms with Crippen LogP contribution in [-0.4, -0.2) is 22.9 Å². The number of nitrogens with zero attached hydrogens (tertiary/aromatic N) is 1. The number of imide groups is 1. The molecule has 0 spiro atoms. The highest BCUT2D eigenvalue weighted by atomic mass is 32.2. The van der Waals surface area contributed by atoms with Crippen molar-refractivity contribution in [2.45, 2.75) is 6.92 Å². The third-order valence-electron chi connectivity index (χ3n) is 3.42. The molecule has 1 N–H and O–H groups in total. The van der Waals surface area contributed by atoms with Gasteiger partial charge < -0.3 is 9.84 Å². The summed E-state index contributed by atoms with van der Waals surface area (Å²) < 4.78 is 5.36. The van der Waals surface area contributed by atoms with Crippen LogP contribution in [0.3, 0.4) is 0 Å². The molecule has 0 unspecified atom stereocenters. The summed E-state index contributed by atoms with van der Waals surface area (Å²) in [6.45, 7) is 2.43. The minimum absolute atomic E-state index is 0.0605. The molecule has 2 aromatic rings. The molecule has 2 aromatic carbocycles. The van der Waals surface area contributed by atoms with E-state index in [2.05, 4.69) is 0 Å². The molecule has 2 amide bonds. The van der Waals surface area contributed by atoms with Crippen LogP contribution in [0.15, 0.2) is 53.4 Å². The Kier molecular flexibility index (Phi) is 4.57. The number of ether oxygens (including phenoxy) is 1. The summed E-state index contributed by atoms with van der Waals surface area (Å²) in [5.74, 6) is 0.334. The first kappa shape index (κ1) is 16.1. The fraction of sp³-hybridized carbons (Fsp3) is 0.111. The number of anilines is 1. The summed E-state index contributed by atoms with van der Waals surface area (Å²) in [5.41, 5.74) is 0.983. The Morgan fingerprint density at radius 1 is 1.12 bits per heavy atom. The van der Waals surface area contributed by atoms with Crippen molar-refractivity contribution in [1.29, 1.82) is 0 Å². The quantitative estimate of drug-likeness (QED) is 0.851. The van der Waals surface area contributed by atoms with E-state index in [4.69, 9.17) is 4.74 Å². The number of phenolic OH excluding ortho intramolecular Hbond substituents is 1. The molecule has 24 heavy (non-hydrogen) atoms. The highest BCUT2D eigenvalue weighted by Crippen LogP contribution is 2.37. The second kappa shape index (κ2) is 6.80. The van der Waals surface area contributed by atoms with E-state index in [1.165, 1.54) is 12.1 Å². The van der Waals surface area contributed by atoms with Gasteiger partial charge in [-0.1, -0.05) is 18.2 Å². The number of thioether (sulfide) groups is 1. The van der Waals surface area contributed by atoms with E-state index in [1.54, 1.807) is 42.5 Å². The van der Waals surface area contributed by atoms with Crippen LogP contribution in [0.5, 0.6) is 11.5 Å². The zero-order valence-electron chi connectivity index (χ0n) is 12.9. The van der Waals surface area contributed by atoms with Crippen LogP contribution < -0.4 is 9.64 Å². The molecule has 0 aliphatic carbocycles. The van der Waals surface area contributed by atoms with Gasteiger partial charge in [-0.15, -0.1) is 0 Å². The lowest BCUT2D eigenvalue weighted by Gasteiger charge is -2.13. The van der Waals surface area contributed by atoms with Gasteiger partial charge >= 0.3 is 0 Å². The van der Waals surface area contributed by atoms with Gasteiger partial charge in [0.1, 0.15) is 11.5 Å². The van der Waals surface area contributed by atoms with E-state index in [0.717, 1.165) is 16.7 Å². The predicted octanol–water partition coefficient (Wildman–Crippen LogP) is 4.03. The van der Waals surface area contributed by atoms with Gasteiger partial charge in [0, 0.05) is 5.56 Å². The number of amides is 2. The number of benzene rings is 2. The van der Waals surface area contributed by atoms with Gasteiger partial charge in [0.25, 0.3) is 11.1 Å². The van der Waals surface area contributed by atoms with Crippen LogP contribution in [-0.2, 0) is 4.79 Å². The average Bonchev–Trinajstić information content (AvgIpc) is 2.85. The number of aromatic hydroxyl groups is 1. The predicted molar refractivity (Wildman–Crippen MR) is 94.2 cm³/mol. The number of hydrogen-bond acceptors (Lipinski definition) is 5. The Morgan fingerprint density at radius 3 is 2.50 bits per heavy atom. The lowest BCUT2D eigenvalue weighted by Crippen LogP contribution is -2.27. The van der Waals surface area contributed by atoms with Gasteiger partial charge in [-0.25, -0.2) is 4.90 Å². The highest BCUT2D eigenvalue weighted by Gasteiger charge is 2.36. The van der Waals surface area contributed by atoms with Crippen molar-refractivity contribution in [1.82, 2.24) is 0 Å². The molecule has 1 heterocycles. The Labute approximate surface area is 143 Å². The van der Waals surface area contributed by atoms with Crippen LogP contribution >= 0.6 is 11.8 Å². The first-order valence-electron chi connectivity index (χ1n) is 7.39. The number of phenols is 1. The summed E-state index contributed by atoms with van der Waals surface area (Å²) >= 11 is 0.851. The Bertz CT molecular complexity index is 814. The van der Waals surface area contributed by atoms with Crippen LogP contribution in [0.25, 0.3) is 6.08 Å². The van der Waals surface area contributed by atoms with Crippen molar-refractivity contribution in [2.24, 2.45) is 0 Å². The molecule has 5 nitrogen and oxygen atoms in total. The number of para-hydroxylation sites is 1. The molecule has 0 aromatic heterocycles. The van der Waals surface area contributed by atoms with E-state index in [-0.39, 0.29) is 15.9 Å². The maximum Gasteiger partial charge on any atom is 0.298 e. The van der Waals surface area contributed by atoms with Gasteiger partial charge in [0.15, 0.2) is 0 Å². The number of carbonyl (C=O) groups is 2. The molecule has 3 rings (SSSR count). The summed E-state index contributed by atoms with van der Waals surface area (Å²) in [5, 5.41) is 9.44. The first-order valence-corrected chi connectivity index (χ1v) is 8.20. The smallest absolute Gasteiger partial charge is 0.298 e. The Morgan fingerprint density at radius 2 is 1.83 bits per heavy atom. The van der Waals surface area contributed by atoms with Crippen molar-refractivity contribution in [2.75, 3.05) is 11.5 Å². The fourth-order valence-corrected chi connectivity index (χ4v) is 3.13. The lowest BCUT2D eigenvalue weighted by molar-refractivity contribution is -0.113. The van der Waals surface area contributed by atoms with Crippen molar-refractivity contribution in [3.8, 4) is 11.5 Å². The zero-order valence-corrected chi connectivity index (χ0v) is 13.7. The van der Waals surface area contributed by atoms with Crippen molar-refractivity contribution >= 4 is 34.7 Å². The second-order valence-corrected chi connectivity index (χ2v) is 6.00. The summed E-state index contributed by atoms with van der Waals surface area (Å²) in [6, 6.07) is 13.4. The number of hydrogen-bond donors (Lipinski definition) is 1. The molecule has 122 valence electrons. The number of carbonyl (C=O) groups excluding carboxylic acids is 2. The Balaban J connectivity index is 1.88. The standard InChI is InChI=1S/C18H15NO4S/c1-2-23-14-9-7-13(8-10-14)19-17(21)16(24-18(19)22)11-12-5-3-4-6-15(12)20/h3-11,20H,2H2,1H3/b16-11-. The monoisotopic (exact) mass is 341 g/mol. The number of rotatable bonds is 4. The van der Waals surface area contributed by atoms with Crippen molar-refractivity contribution in [3.05, 3.63) is 59.0 Å². The third-order valence-corrected chi connectivity index (χ3v) is 4.29. The molecule has 1 aliphatic heterocycles. The largest absolute Gasteiger partial charge is 0.507 e. The molecule has 6 heteroatoms. The maximum absolute atomic E-state index is 12.5. The molecule has 1 saturated heterocycles. The SMILES string of the molecule is CCOc1ccc(N2C(=O)S/C(=C\c3ccccc3O)C2=O)cc1. The average molecular weight is 341 g/mol. The van der Waals surface area contributed by atoms with Gasteiger partial charge in [-0.2, -0.15) is 0 Å². The maximum atomic E-state index is 12.5. The molecular formula is C18H15NO4S. The molecular weight excluding hydrogens is 326 g/mol. The molecule has 1 fully saturated rings. The van der Waals surface area contributed by atoms with Gasteiger partial charge in [-0.05, 0) is 55.1 Å². The van der Waals surface area contributed by atoms with Crippen molar-refractivity contribution < 1.29 is 19.4 Å². The topological polar surface area (TPSA) is 66.8 Å². The van der Waals surface area contributed by atoms with E-state index in [1.807, 2.05) is 6.92 Å². The molecule has 0 radical (unpaired) electrons. The molecule has 0 atom stereocenters. The molecule has 0 bridgehead atoms. The van der Waals surface area contributed by atoms with Crippen LogP contribution in [0, 0.1) is 0 Å². The highest BCUT2D eigenvalue weighted by molar-refractivity contribution is 8.19. The third kappa shape index (κ3) is 3.14. The van der Waals surface area contributed by atoms with E-state index < -0.39 is 5.91 Å². The minimum Gasteiger partial charge on any atom is -0.507 e. The van der Waals surface area contributed by atoms with E-state index in [9.17, 15) is 14.7 Å². The first-order chi connectivity index (χ1) is 11.6. The summed E-state index contributed by atoms with van der Waals surface area (Å²) in [4.78, 5) is 26.2. The molecule has 1 aliphatic rings. The van der Waals surface area contributed by atoms with Gasteiger partial charge in [-0.3, -0.25) is 9.59 Å². The van der Waals surface area contributed by atoms with Crippen LogP contribution in [0.2, 0.25) is 0 Å². The van der Waals surface area contributed by atoms with Crippen LogP contribution in [0.4, 0.5) is 10.5 Å². The van der Waals surface area contributed by atoms with E-state index >= 15 is 0 Å². The Hall–Kier alpha value is -2.73. The van der Waals surface area contributed by atoms with Gasteiger partial charge in [0.2, 0.25) is 0 Å². The second-order valence-electron chi connectivity index (χ2n) is 5.00. The lowest BCUT2D eigenvalue weighted by atomic mass is 10.2. The zero-order chi connectivity index (χ0) is 17.1.